The minimum absolute atomic E-state index is 0.335. The molecule has 13 heavy (non-hydrogen) atoms. The van der Waals surface area contributed by atoms with Crippen LogP contribution in [-0.4, -0.2) is 48.5 Å². The van der Waals surface area contributed by atoms with Gasteiger partial charge in [-0.15, -0.1) is 0 Å². The minimum Gasteiger partial charge on any atom is -0.394 e. The van der Waals surface area contributed by atoms with Gasteiger partial charge in [0.15, 0.2) is 6.29 Å². The fourth-order valence-corrected chi connectivity index (χ4v) is 1.24. The van der Waals surface area contributed by atoms with E-state index >= 15 is 0 Å². The van der Waals surface area contributed by atoms with Gasteiger partial charge in [-0.3, -0.25) is 0 Å². The summed E-state index contributed by atoms with van der Waals surface area (Å²) in [7, 11) is 1.37. The maximum atomic E-state index is 9.45. The van der Waals surface area contributed by atoms with Gasteiger partial charge in [-0.1, -0.05) is 5.11 Å². The summed E-state index contributed by atoms with van der Waals surface area (Å²) in [4.78, 5) is 2.56. The van der Waals surface area contributed by atoms with E-state index in [1.54, 1.807) is 0 Å². The first-order chi connectivity index (χ1) is 6.24. The number of methoxy groups -OCH3 is 1. The van der Waals surface area contributed by atoms with E-state index < -0.39 is 24.5 Å². The van der Waals surface area contributed by atoms with Gasteiger partial charge in [0.05, 0.1) is 12.7 Å². The van der Waals surface area contributed by atoms with Crippen molar-refractivity contribution in [2.75, 3.05) is 13.7 Å². The fourth-order valence-electron chi connectivity index (χ4n) is 1.24. The summed E-state index contributed by atoms with van der Waals surface area (Å²) in [5, 5.41) is 21.5. The van der Waals surface area contributed by atoms with E-state index in [4.69, 9.17) is 20.1 Å². The maximum Gasteiger partial charge on any atom is 0.168 e. The Bertz CT molecular complexity index is 216. The third-order valence-corrected chi connectivity index (χ3v) is 1.92. The van der Waals surface area contributed by atoms with Gasteiger partial charge in [-0.05, 0) is 5.53 Å². The molecule has 1 fully saturated rings. The molecule has 7 heteroatoms. The SMILES string of the molecule is CO[C@H]1O[C@H](CO)[C@@H](O)[C@@H]1N=[N+]=[N-]. The first-order valence-corrected chi connectivity index (χ1v) is 3.76. The Morgan fingerprint density at radius 3 is 2.85 bits per heavy atom. The summed E-state index contributed by atoms with van der Waals surface area (Å²) in [6.45, 7) is -0.335. The molecule has 1 rings (SSSR count). The Labute approximate surface area is 74.5 Å². The second-order valence-electron chi connectivity index (χ2n) is 2.65. The van der Waals surface area contributed by atoms with Gasteiger partial charge in [0.2, 0.25) is 0 Å². The van der Waals surface area contributed by atoms with Crippen molar-refractivity contribution in [2.45, 2.75) is 24.5 Å². The van der Waals surface area contributed by atoms with Crippen LogP contribution < -0.4 is 0 Å². The van der Waals surface area contributed by atoms with E-state index in [2.05, 4.69) is 10.0 Å². The summed E-state index contributed by atoms with van der Waals surface area (Å²) in [5.41, 5.74) is 8.19. The lowest BCUT2D eigenvalue weighted by molar-refractivity contribution is -0.130. The quantitative estimate of drug-likeness (QED) is 0.350. The van der Waals surface area contributed by atoms with E-state index in [-0.39, 0.29) is 6.61 Å². The minimum atomic E-state index is -1.02. The lowest BCUT2D eigenvalue weighted by atomic mass is 10.1. The number of aliphatic hydroxyl groups is 2. The van der Waals surface area contributed by atoms with Crippen molar-refractivity contribution in [2.24, 2.45) is 5.11 Å². The van der Waals surface area contributed by atoms with E-state index in [0.29, 0.717) is 0 Å². The number of ether oxygens (including phenoxy) is 2. The third-order valence-electron chi connectivity index (χ3n) is 1.92. The summed E-state index contributed by atoms with van der Waals surface area (Å²) in [6, 6.07) is -0.799. The van der Waals surface area contributed by atoms with Crippen molar-refractivity contribution >= 4 is 0 Å². The molecule has 74 valence electrons. The second kappa shape index (κ2) is 4.40. The molecule has 0 radical (unpaired) electrons. The highest BCUT2D eigenvalue weighted by molar-refractivity contribution is 4.91. The van der Waals surface area contributed by atoms with Gasteiger partial charge in [-0.2, -0.15) is 0 Å². The lowest BCUT2D eigenvalue weighted by Crippen LogP contribution is -2.32. The molecule has 0 amide bonds. The molecule has 7 nitrogen and oxygen atoms in total. The highest BCUT2D eigenvalue weighted by Gasteiger charge is 2.43. The Hall–Kier alpha value is -0.850. The van der Waals surface area contributed by atoms with Crippen LogP contribution in [0.5, 0.6) is 0 Å². The van der Waals surface area contributed by atoms with Crippen molar-refractivity contribution in [1.82, 2.24) is 0 Å². The van der Waals surface area contributed by atoms with Crippen LogP contribution in [-0.2, 0) is 9.47 Å². The molecule has 1 aliphatic rings. The van der Waals surface area contributed by atoms with Gasteiger partial charge in [-0.25, -0.2) is 0 Å². The third kappa shape index (κ3) is 1.90. The molecule has 4 atom stereocenters. The molecule has 0 aromatic carbocycles. The highest BCUT2D eigenvalue weighted by atomic mass is 16.7. The first kappa shape index (κ1) is 10.2. The topological polar surface area (TPSA) is 108 Å². The monoisotopic (exact) mass is 189 g/mol. The van der Waals surface area contributed by atoms with Crippen molar-refractivity contribution in [1.29, 1.82) is 0 Å². The van der Waals surface area contributed by atoms with Gasteiger partial charge in [0, 0.05) is 12.0 Å². The van der Waals surface area contributed by atoms with Crippen LogP contribution in [0.25, 0.3) is 10.4 Å². The number of nitrogens with zero attached hydrogens (tertiary/aromatic N) is 3. The molecule has 0 unspecified atom stereocenters. The number of azide groups is 1. The Morgan fingerprint density at radius 1 is 1.69 bits per heavy atom. The van der Waals surface area contributed by atoms with Crippen LogP contribution in [0, 0.1) is 0 Å². The molecular formula is C6H11N3O4. The zero-order chi connectivity index (χ0) is 9.84. The van der Waals surface area contributed by atoms with Crippen molar-refractivity contribution in [3.63, 3.8) is 0 Å². The first-order valence-electron chi connectivity index (χ1n) is 3.76. The average molecular weight is 189 g/mol. The molecule has 0 spiro atoms. The molecule has 0 bridgehead atoms. The molecule has 0 aliphatic carbocycles. The van der Waals surface area contributed by atoms with Crippen molar-refractivity contribution in [3.05, 3.63) is 10.4 Å². The van der Waals surface area contributed by atoms with Crippen LogP contribution in [0.1, 0.15) is 0 Å². The zero-order valence-corrected chi connectivity index (χ0v) is 7.07. The second-order valence-corrected chi connectivity index (χ2v) is 2.65. The molecule has 0 aromatic heterocycles. The smallest absolute Gasteiger partial charge is 0.168 e. The van der Waals surface area contributed by atoms with Crippen LogP contribution in [0.4, 0.5) is 0 Å². The molecule has 2 N–H and O–H groups in total. The largest absolute Gasteiger partial charge is 0.394 e. The fraction of sp³-hybridized carbons (Fsp3) is 1.00. The van der Waals surface area contributed by atoms with E-state index in [1.165, 1.54) is 7.11 Å². The zero-order valence-electron chi connectivity index (χ0n) is 7.07. The van der Waals surface area contributed by atoms with Gasteiger partial charge in [0.25, 0.3) is 0 Å². The molecule has 1 saturated heterocycles. The predicted octanol–water partition coefficient (Wildman–Crippen LogP) is -0.610. The van der Waals surface area contributed by atoms with E-state index in [9.17, 15) is 5.11 Å². The Balaban J connectivity index is 2.73. The van der Waals surface area contributed by atoms with Crippen LogP contribution in [0.2, 0.25) is 0 Å². The number of aliphatic hydroxyl groups excluding tert-OH is 2. The molecule has 0 saturated carbocycles. The summed E-state index contributed by atoms with van der Waals surface area (Å²) in [5.74, 6) is 0. The molecule has 1 aliphatic heterocycles. The number of rotatable bonds is 3. The Kier molecular flexibility index (Phi) is 3.47. The maximum absolute atomic E-state index is 9.45. The van der Waals surface area contributed by atoms with Gasteiger partial charge < -0.3 is 19.7 Å². The highest BCUT2D eigenvalue weighted by Crippen LogP contribution is 2.24. The van der Waals surface area contributed by atoms with E-state index in [0.717, 1.165) is 0 Å². The van der Waals surface area contributed by atoms with Gasteiger partial charge in [0.1, 0.15) is 12.1 Å². The van der Waals surface area contributed by atoms with E-state index in [1.807, 2.05) is 0 Å². The normalized spacial score (nSPS) is 38.7. The lowest BCUT2D eigenvalue weighted by Gasteiger charge is -2.12. The van der Waals surface area contributed by atoms with Crippen molar-refractivity contribution in [3.8, 4) is 0 Å². The standard InChI is InChI=1S/C6H11N3O4/c1-12-6-4(8-9-7)5(11)3(2-10)13-6/h3-6,10-11H,2H2,1H3/t3-,4+,5-,6+/m1/s1. The summed E-state index contributed by atoms with van der Waals surface area (Å²) in [6.07, 6.45) is -2.56. The van der Waals surface area contributed by atoms with Crippen molar-refractivity contribution < 1.29 is 19.7 Å². The summed E-state index contributed by atoms with van der Waals surface area (Å²) < 4.78 is 9.87. The van der Waals surface area contributed by atoms with Crippen LogP contribution >= 0.6 is 0 Å². The molecular weight excluding hydrogens is 178 g/mol. The summed E-state index contributed by atoms with van der Waals surface area (Å²) >= 11 is 0. The number of hydrogen-bond donors (Lipinski definition) is 2. The van der Waals surface area contributed by atoms with Crippen LogP contribution in [0.3, 0.4) is 0 Å². The average Bonchev–Trinajstić information content (AvgIpc) is 2.45. The predicted molar refractivity (Wildman–Crippen MR) is 41.7 cm³/mol. The van der Waals surface area contributed by atoms with Gasteiger partial charge >= 0.3 is 0 Å². The Morgan fingerprint density at radius 2 is 2.38 bits per heavy atom. The molecule has 0 aromatic rings. The van der Waals surface area contributed by atoms with Crippen LogP contribution in [0.15, 0.2) is 5.11 Å². The number of hydrogen-bond acceptors (Lipinski definition) is 5. The molecule has 1 heterocycles.